The van der Waals surface area contributed by atoms with Crippen molar-refractivity contribution in [2.24, 2.45) is 0 Å². The van der Waals surface area contributed by atoms with Crippen molar-refractivity contribution < 1.29 is 4.79 Å². The molecule has 7 nitrogen and oxygen atoms in total. The zero-order valence-corrected chi connectivity index (χ0v) is 15.1. The zero-order chi connectivity index (χ0) is 17.9. The Morgan fingerprint density at radius 3 is 3.00 bits per heavy atom. The van der Waals surface area contributed by atoms with Gasteiger partial charge in [-0.25, -0.2) is 15.0 Å². The standard InChI is InChI=1S/C18H20N6OS/c19-16-4-3-13(8-21-16)18(25)24-6-1-2-14(9-24)17-20-5-7-23(17)10-15-11-26-12-22-15/h3-5,7-8,11-12,14H,1-2,6,9-10H2,(H2,19,21)/t14-/m1/s1. The van der Waals surface area contributed by atoms with Crippen LogP contribution < -0.4 is 5.73 Å². The van der Waals surface area contributed by atoms with E-state index >= 15 is 0 Å². The lowest BCUT2D eigenvalue weighted by atomic mass is 9.96. The van der Waals surface area contributed by atoms with Crippen LogP contribution in [0.3, 0.4) is 0 Å². The minimum atomic E-state index is -0.000178. The summed E-state index contributed by atoms with van der Waals surface area (Å²) in [5, 5.41) is 2.05. The van der Waals surface area contributed by atoms with Gasteiger partial charge in [-0.15, -0.1) is 11.3 Å². The van der Waals surface area contributed by atoms with E-state index < -0.39 is 0 Å². The molecule has 134 valence electrons. The van der Waals surface area contributed by atoms with Gasteiger partial charge in [-0.05, 0) is 25.0 Å². The Balaban J connectivity index is 1.50. The van der Waals surface area contributed by atoms with Crippen LogP contribution >= 0.6 is 11.3 Å². The van der Waals surface area contributed by atoms with E-state index in [1.165, 1.54) is 0 Å². The number of thiazole rings is 1. The maximum absolute atomic E-state index is 12.8. The van der Waals surface area contributed by atoms with Gasteiger partial charge < -0.3 is 15.2 Å². The summed E-state index contributed by atoms with van der Waals surface area (Å²) in [6, 6.07) is 3.40. The molecule has 1 aliphatic heterocycles. The second-order valence-electron chi connectivity index (χ2n) is 6.46. The highest BCUT2D eigenvalue weighted by Crippen LogP contribution is 2.27. The molecule has 3 aromatic rings. The predicted octanol–water partition coefficient (Wildman–Crippen LogP) is 2.38. The molecule has 0 radical (unpaired) electrons. The molecule has 0 bridgehead atoms. The summed E-state index contributed by atoms with van der Waals surface area (Å²) >= 11 is 1.59. The molecule has 26 heavy (non-hydrogen) atoms. The molecule has 1 saturated heterocycles. The normalized spacial score (nSPS) is 17.4. The average Bonchev–Trinajstić information content (AvgIpc) is 3.34. The topological polar surface area (TPSA) is 89.9 Å². The van der Waals surface area contributed by atoms with Gasteiger partial charge in [0.05, 0.1) is 23.3 Å². The number of amides is 1. The first-order valence-electron chi connectivity index (χ1n) is 8.59. The Kier molecular flexibility index (Phi) is 4.66. The van der Waals surface area contributed by atoms with Crippen LogP contribution in [0.4, 0.5) is 5.82 Å². The van der Waals surface area contributed by atoms with E-state index in [1.807, 2.05) is 22.8 Å². The Morgan fingerprint density at radius 2 is 2.23 bits per heavy atom. The molecule has 1 atom stereocenters. The van der Waals surface area contributed by atoms with Gasteiger partial charge in [0.25, 0.3) is 5.91 Å². The van der Waals surface area contributed by atoms with Gasteiger partial charge in [0.1, 0.15) is 11.6 Å². The van der Waals surface area contributed by atoms with Gasteiger partial charge >= 0.3 is 0 Å². The summed E-state index contributed by atoms with van der Waals surface area (Å²) in [5.74, 6) is 1.66. The van der Waals surface area contributed by atoms with Crippen molar-refractivity contribution in [1.82, 2.24) is 24.4 Å². The first-order valence-corrected chi connectivity index (χ1v) is 9.54. The number of nitrogens with zero attached hydrogens (tertiary/aromatic N) is 5. The van der Waals surface area contributed by atoms with Crippen LogP contribution in [0.25, 0.3) is 0 Å². The van der Waals surface area contributed by atoms with E-state index in [9.17, 15) is 4.79 Å². The SMILES string of the molecule is Nc1ccc(C(=O)N2CCC[C@@H](c3nccn3Cc3cscn3)C2)cn1. The van der Waals surface area contributed by atoms with E-state index in [0.717, 1.165) is 30.9 Å². The lowest BCUT2D eigenvalue weighted by Gasteiger charge is -2.32. The van der Waals surface area contributed by atoms with E-state index in [1.54, 1.807) is 29.7 Å². The molecule has 0 saturated carbocycles. The molecule has 3 aromatic heterocycles. The third kappa shape index (κ3) is 3.45. The summed E-state index contributed by atoms with van der Waals surface area (Å²) in [6.07, 6.45) is 7.34. The van der Waals surface area contributed by atoms with Crippen LogP contribution in [-0.2, 0) is 6.54 Å². The van der Waals surface area contributed by atoms with E-state index in [4.69, 9.17) is 5.73 Å². The predicted molar refractivity (Wildman–Crippen MR) is 100.0 cm³/mol. The summed E-state index contributed by atoms with van der Waals surface area (Å²) in [6.45, 7) is 2.13. The van der Waals surface area contributed by atoms with Gasteiger partial charge in [0.2, 0.25) is 0 Å². The number of piperidine rings is 1. The maximum atomic E-state index is 12.8. The van der Waals surface area contributed by atoms with Crippen molar-refractivity contribution in [3.63, 3.8) is 0 Å². The molecule has 4 heterocycles. The number of hydrogen-bond donors (Lipinski definition) is 1. The summed E-state index contributed by atoms with van der Waals surface area (Å²) in [7, 11) is 0. The van der Waals surface area contributed by atoms with Gasteiger partial charge in [0, 0.05) is 43.0 Å². The number of pyridine rings is 1. The van der Waals surface area contributed by atoms with Crippen molar-refractivity contribution in [3.05, 3.63) is 58.7 Å². The number of nitrogens with two attached hydrogens (primary N) is 1. The Morgan fingerprint density at radius 1 is 1.31 bits per heavy atom. The van der Waals surface area contributed by atoms with E-state index in [2.05, 4.69) is 24.9 Å². The quantitative estimate of drug-likeness (QED) is 0.764. The number of rotatable bonds is 4. The molecule has 0 spiro atoms. The van der Waals surface area contributed by atoms with Crippen LogP contribution in [0.1, 0.15) is 40.6 Å². The van der Waals surface area contributed by atoms with Crippen molar-refractivity contribution in [2.45, 2.75) is 25.3 Å². The lowest BCUT2D eigenvalue weighted by Crippen LogP contribution is -2.39. The molecule has 4 rings (SSSR count). The molecule has 1 aliphatic rings. The molecular formula is C18H20N6OS. The monoisotopic (exact) mass is 368 g/mol. The minimum Gasteiger partial charge on any atom is -0.384 e. The molecule has 0 aromatic carbocycles. The second kappa shape index (κ2) is 7.25. The first kappa shape index (κ1) is 16.7. The molecule has 2 N–H and O–H groups in total. The smallest absolute Gasteiger partial charge is 0.255 e. The number of nitrogen functional groups attached to an aromatic ring is 1. The molecule has 0 aliphatic carbocycles. The molecule has 0 unspecified atom stereocenters. The number of likely N-dealkylation sites (tertiary alicyclic amines) is 1. The molecule has 8 heteroatoms. The largest absolute Gasteiger partial charge is 0.384 e. The highest BCUT2D eigenvalue weighted by atomic mass is 32.1. The molecular weight excluding hydrogens is 348 g/mol. The number of anilines is 1. The summed E-state index contributed by atoms with van der Waals surface area (Å²) in [4.78, 5) is 27.6. The van der Waals surface area contributed by atoms with Gasteiger partial charge in [-0.2, -0.15) is 0 Å². The number of aromatic nitrogens is 4. The van der Waals surface area contributed by atoms with Gasteiger partial charge in [0.15, 0.2) is 0 Å². The molecule has 1 fully saturated rings. The summed E-state index contributed by atoms with van der Waals surface area (Å²) < 4.78 is 2.14. The highest BCUT2D eigenvalue weighted by molar-refractivity contribution is 7.07. The zero-order valence-electron chi connectivity index (χ0n) is 14.3. The van der Waals surface area contributed by atoms with Gasteiger partial charge in [-0.1, -0.05) is 0 Å². The average molecular weight is 368 g/mol. The minimum absolute atomic E-state index is 0.000178. The fraction of sp³-hybridized carbons (Fsp3) is 0.333. The van der Waals surface area contributed by atoms with E-state index in [0.29, 0.717) is 24.5 Å². The second-order valence-corrected chi connectivity index (χ2v) is 7.17. The van der Waals surface area contributed by atoms with Crippen molar-refractivity contribution >= 4 is 23.1 Å². The Hall–Kier alpha value is -2.74. The fourth-order valence-electron chi connectivity index (χ4n) is 3.39. The van der Waals surface area contributed by atoms with Crippen molar-refractivity contribution in [2.75, 3.05) is 18.8 Å². The Bertz CT molecular complexity index is 873. The number of hydrogen-bond acceptors (Lipinski definition) is 6. The number of carbonyl (C=O) groups is 1. The van der Waals surface area contributed by atoms with Crippen LogP contribution in [0.15, 0.2) is 41.6 Å². The number of imidazole rings is 1. The maximum Gasteiger partial charge on any atom is 0.255 e. The van der Waals surface area contributed by atoms with Crippen molar-refractivity contribution in [3.8, 4) is 0 Å². The number of carbonyl (C=O) groups excluding carboxylic acids is 1. The highest BCUT2D eigenvalue weighted by Gasteiger charge is 2.28. The Labute approximate surface area is 155 Å². The van der Waals surface area contributed by atoms with Crippen LogP contribution in [0.2, 0.25) is 0 Å². The summed E-state index contributed by atoms with van der Waals surface area (Å²) in [5.41, 5.74) is 9.06. The first-order chi connectivity index (χ1) is 12.7. The van der Waals surface area contributed by atoms with Crippen LogP contribution in [0, 0.1) is 0 Å². The van der Waals surface area contributed by atoms with Crippen LogP contribution in [0.5, 0.6) is 0 Å². The third-order valence-corrected chi connectivity index (χ3v) is 5.31. The van der Waals surface area contributed by atoms with Crippen LogP contribution in [-0.4, -0.2) is 43.4 Å². The lowest BCUT2D eigenvalue weighted by molar-refractivity contribution is 0.0703. The van der Waals surface area contributed by atoms with E-state index in [-0.39, 0.29) is 11.8 Å². The molecule has 1 amide bonds. The van der Waals surface area contributed by atoms with Crippen molar-refractivity contribution in [1.29, 1.82) is 0 Å². The van der Waals surface area contributed by atoms with Gasteiger partial charge in [-0.3, -0.25) is 4.79 Å². The third-order valence-electron chi connectivity index (χ3n) is 4.67. The fourth-order valence-corrected chi connectivity index (χ4v) is 3.94.